The summed E-state index contributed by atoms with van der Waals surface area (Å²) >= 11 is 0. The van der Waals surface area contributed by atoms with Crippen molar-refractivity contribution in [3.8, 4) is 0 Å². The van der Waals surface area contributed by atoms with Crippen LogP contribution in [0, 0.1) is 12.7 Å². The maximum absolute atomic E-state index is 13.3. The van der Waals surface area contributed by atoms with Gasteiger partial charge >= 0.3 is 0 Å². The van der Waals surface area contributed by atoms with Gasteiger partial charge in [0.2, 0.25) is 5.91 Å². The molecule has 0 bridgehead atoms. The Labute approximate surface area is 82.3 Å². The lowest BCUT2D eigenvalue weighted by molar-refractivity contribution is -0.118. The number of aryl methyl sites for hydroxylation is 2. The first kappa shape index (κ1) is 9.19. The molecule has 1 amide bonds. The Morgan fingerprint density at radius 3 is 2.79 bits per heavy atom. The zero-order chi connectivity index (χ0) is 10.3. The first-order chi connectivity index (χ1) is 6.59. The van der Waals surface area contributed by atoms with Gasteiger partial charge in [0.15, 0.2) is 0 Å². The molecule has 3 heteroatoms. The van der Waals surface area contributed by atoms with Gasteiger partial charge in [-0.25, -0.2) is 4.39 Å². The Bertz CT molecular complexity index is 401. The molecule has 0 saturated heterocycles. The van der Waals surface area contributed by atoms with E-state index in [1.54, 1.807) is 14.0 Å². The molecule has 1 heterocycles. The number of halogens is 1. The summed E-state index contributed by atoms with van der Waals surface area (Å²) in [6.45, 7) is 1.74. The van der Waals surface area contributed by atoms with Crippen LogP contribution in [0.3, 0.4) is 0 Å². The zero-order valence-electron chi connectivity index (χ0n) is 8.30. The predicted molar refractivity (Wildman–Crippen MR) is 52.9 cm³/mol. The minimum Gasteiger partial charge on any atom is -0.315 e. The number of benzene rings is 1. The lowest BCUT2D eigenvalue weighted by Crippen LogP contribution is -2.31. The monoisotopic (exact) mass is 193 g/mol. The summed E-state index contributed by atoms with van der Waals surface area (Å²) in [7, 11) is 1.69. The SMILES string of the molecule is Cc1cc2c(cc1F)N(C)C(=O)CC2. The van der Waals surface area contributed by atoms with Crippen molar-refractivity contribution in [1.82, 2.24) is 0 Å². The summed E-state index contributed by atoms with van der Waals surface area (Å²) < 4.78 is 13.3. The topological polar surface area (TPSA) is 20.3 Å². The maximum Gasteiger partial charge on any atom is 0.227 e. The lowest BCUT2D eigenvalue weighted by atomic mass is 9.99. The van der Waals surface area contributed by atoms with Crippen LogP contribution in [-0.4, -0.2) is 13.0 Å². The van der Waals surface area contributed by atoms with Gasteiger partial charge in [0.25, 0.3) is 0 Å². The summed E-state index contributed by atoms with van der Waals surface area (Å²) in [6.07, 6.45) is 1.24. The van der Waals surface area contributed by atoms with Crippen molar-refractivity contribution in [1.29, 1.82) is 0 Å². The van der Waals surface area contributed by atoms with Gasteiger partial charge in [0.05, 0.1) is 0 Å². The Balaban J connectivity index is 2.55. The van der Waals surface area contributed by atoms with Crippen LogP contribution in [0.1, 0.15) is 17.5 Å². The van der Waals surface area contributed by atoms with Gasteiger partial charge in [-0.2, -0.15) is 0 Å². The largest absolute Gasteiger partial charge is 0.315 e. The molecule has 1 aliphatic heterocycles. The molecule has 2 nitrogen and oxygen atoms in total. The second-order valence-corrected chi connectivity index (χ2v) is 3.68. The summed E-state index contributed by atoms with van der Waals surface area (Å²) in [5, 5.41) is 0. The quantitative estimate of drug-likeness (QED) is 0.617. The summed E-state index contributed by atoms with van der Waals surface area (Å²) in [5.41, 5.74) is 2.42. The molecule has 74 valence electrons. The number of amides is 1. The zero-order valence-corrected chi connectivity index (χ0v) is 8.30. The van der Waals surface area contributed by atoms with Gasteiger partial charge in [-0.15, -0.1) is 0 Å². The molecule has 1 aliphatic rings. The van der Waals surface area contributed by atoms with E-state index in [9.17, 15) is 9.18 Å². The van der Waals surface area contributed by atoms with Crippen LogP contribution < -0.4 is 4.90 Å². The molecular formula is C11H12FNO. The molecule has 0 fully saturated rings. The highest BCUT2D eigenvalue weighted by Gasteiger charge is 2.21. The Kier molecular flexibility index (Phi) is 2.02. The molecule has 0 N–H and O–H groups in total. The van der Waals surface area contributed by atoms with E-state index >= 15 is 0 Å². The Morgan fingerprint density at radius 1 is 1.36 bits per heavy atom. The minimum absolute atomic E-state index is 0.0563. The van der Waals surface area contributed by atoms with E-state index in [0.717, 1.165) is 12.0 Å². The molecule has 0 aromatic heterocycles. The van der Waals surface area contributed by atoms with Gasteiger partial charge < -0.3 is 4.90 Å². The molecule has 0 atom stereocenters. The van der Waals surface area contributed by atoms with Gasteiger partial charge in [-0.3, -0.25) is 4.79 Å². The minimum atomic E-state index is -0.245. The number of nitrogens with zero attached hydrogens (tertiary/aromatic N) is 1. The maximum atomic E-state index is 13.3. The average Bonchev–Trinajstić information content (AvgIpc) is 2.15. The number of hydrogen-bond donors (Lipinski definition) is 0. The molecule has 2 rings (SSSR count). The van der Waals surface area contributed by atoms with Gasteiger partial charge in [-0.05, 0) is 30.5 Å². The number of anilines is 1. The molecule has 0 aliphatic carbocycles. The van der Waals surface area contributed by atoms with E-state index in [1.807, 2.05) is 6.07 Å². The number of fused-ring (bicyclic) bond motifs is 1. The third-order valence-electron chi connectivity index (χ3n) is 2.70. The van der Waals surface area contributed by atoms with Crippen LogP contribution in [0.2, 0.25) is 0 Å². The lowest BCUT2D eigenvalue weighted by Gasteiger charge is -2.26. The fraction of sp³-hybridized carbons (Fsp3) is 0.364. The first-order valence-corrected chi connectivity index (χ1v) is 4.65. The van der Waals surface area contributed by atoms with Crippen LogP contribution in [0.5, 0.6) is 0 Å². The van der Waals surface area contributed by atoms with Crippen molar-refractivity contribution in [3.05, 3.63) is 29.1 Å². The Hall–Kier alpha value is -1.38. The fourth-order valence-electron chi connectivity index (χ4n) is 1.79. The van der Waals surface area contributed by atoms with Gasteiger partial charge in [0.1, 0.15) is 5.82 Å². The van der Waals surface area contributed by atoms with Gasteiger partial charge in [0, 0.05) is 19.2 Å². The molecule has 1 aromatic carbocycles. The van der Waals surface area contributed by atoms with E-state index in [2.05, 4.69) is 0 Å². The number of rotatable bonds is 0. The van der Waals surface area contributed by atoms with E-state index in [-0.39, 0.29) is 11.7 Å². The summed E-state index contributed by atoms with van der Waals surface area (Å²) in [6, 6.07) is 3.27. The molecule has 0 radical (unpaired) electrons. The normalized spacial score (nSPS) is 15.6. The van der Waals surface area contributed by atoms with Crippen molar-refractivity contribution in [2.75, 3.05) is 11.9 Å². The standard InChI is InChI=1S/C11H12FNO/c1-7-5-8-3-4-11(14)13(2)10(8)6-9(7)12/h5-6H,3-4H2,1-2H3. The molecule has 0 unspecified atom stereocenters. The van der Waals surface area contributed by atoms with Crippen molar-refractivity contribution in [2.45, 2.75) is 19.8 Å². The van der Waals surface area contributed by atoms with E-state index in [1.165, 1.54) is 11.0 Å². The van der Waals surface area contributed by atoms with Crippen LogP contribution in [-0.2, 0) is 11.2 Å². The van der Waals surface area contributed by atoms with Crippen molar-refractivity contribution < 1.29 is 9.18 Å². The molecule has 0 spiro atoms. The van der Waals surface area contributed by atoms with Crippen molar-refractivity contribution in [3.63, 3.8) is 0 Å². The third-order valence-corrected chi connectivity index (χ3v) is 2.70. The highest BCUT2D eigenvalue weighted by atomic mass is 19.1. The molecule has 1 aromatic rings. The molecule has 14 heavy (non-hydrogen) atoms. The van der Waals surface area contributed by atoms with E-state index in [0.29, 0.717) is 17.7 Å². The van der Waals surface area contributed by atoms with Crippen molar-refractivity contribution in [2.24, 2.45) is 0 Å². The second-order valence-electron chi connectivity index (χ2n) is 3.68. The highest BCUT2D eigenvalue weighted by Crippen LogP contribution is 2.28. The van der Waals surface area contributed by atoms with E-state index < -0.39 is 0 Å². The van der Waals surface area contributed by atoms with Crippen LogP contribution >= 0.6 is 0 Å². The van der Waals surface area contributed by atoms with Crippen molar-refractivity contribution >= 4 is 11.6 Å². The van der Waals surface area contributed by atoms with Crippen LogP contribution in [0.4, 0.5) is 10.1 Å². The van der Waals surface area contributed by atoms with Crippen LogP contribution in [0.25, 0.3) is 0 Å². The summed E-state index contributed by atoms with van der Waals surface area (Å²) in [4.78, 5) is 12.9. The summed E-state index contributed by atoms with van der Waals surface area (Å²) in [5.74, 6) is -0.189. The predicted octanol–water partition coefficient (Wildman–Crippen LogP) is 2.04. The smallest absolute Gasteiger partial charge is 0.227 e. The van der Waals surface area contributed by atoms with Gasteiger partial charge in [-0.1, -0.05) is 6.07 Å². The number of carbonyl (C=O) groups is 1. The second kappa shape index (κ2) is 3.08. The van der Waals surface area contributed by atoms with Crippen LogP contribution in [0.15, 0.2) is 12.1 Å². The molecule has 0 saturated carbocycles. The van der Waals surface area contributed by atoms with E-state index in [4.69, 9.17) is 0 Å². The average molecular weight is 193 g/mol. The Morgan fingerprint density at radius 2 is 2.07 bits per heavy atom. The molecular weight excluding hydrogens is 181 g/mol. The fourth-order valence-corrected chi connectivity index (χ4v) is 1.79. The first-order valence-electron chi connectivity index (χ1n) is 4.65. The highest BCUT2D eigenvalue weighted by molar-refractivity contribution is 5.95. The number of carbonyl (C=O) groups excluding carboxylic acids is 1. The third kappa shape index (κ3) is 1.29. The number of hydrogen-bond acceptors (Lipinski definition) is 1.